The summed E-state index contributed by atoms with van der Waals surface area (Å²) in [6.45, 7) is 2.50. The second kappa shape index (κ2) is 9.41. The van der Waals surface area contributed by atoms with E-state index in [9.17, 15) is 4.79 Å². The van der Waals surface area contributed by atoms with Gasteiger partial charge in [-0.2, -0.15) is 0 Å². The molecule has 0 fully saturated rings. The molecule has 0 aliphatic carbocycles. The fourth-order valence-electron chi connectivity index (χ4n) is 2.84. The Kier molecular flexibility index (Phi) is 6.71. The van der Waals surface area contributed by atoms with E-state index in [-0.39, 0.29) is 11.7 Å². The van der Waals surface area contributed by atoms with Gasteiger partial charge in [-0.15, -0.1) is 0 Å². The molecule has 0 spiro atoms. The smallest absolute Gasteiger partial charge is 0.230 e. The number of thioether (sulfide) groups is 1. The van der Waals surface area contributed by atoms with Gasteiger partial charge in [-0.3, -0.25) is 4.79 Å². The summed E-state index contributed by atoms with van der Waals surface area (Å²) >= 11 is 1.34. The summed E-state index contributed by atoms with van der Waals surface area (Å²) in [6, 6.07) is 13.6. The van der Waals surface area contributed by atoms with Crippen LogP contribution in [0.3, 0.4) is 0 Å². The molecule has 1 aromatic heterocycles. The molecule has 0 aliphatic rings. The highest BCUT2D eigenvalue weighted by molar-refractivity contribution is 7.99. The van der Waals surface area contributed by atoms with Crippen LogP contribution in [0.1, 0.15) is 11.3 Å². The highest BCUT2D eigenvalue weighted by Gasteiger charge is 2.09. The maximum absolute atomic E-state index is 12.1. The average molecular weight is 398 g/mol. The number of rotatable bonds is 8. The SMILES string of the molecule is COc1ccc(CCNC(=O)CSc2nc(C)c3ccccc3n2)cc1OC. The summed E-state index contributed by atoms with van der Waals surface area (Å²) < 4.78 is 10.5. The molecule has 0 atom stereocenters. The van der Waals surface area contributed by atoms with Crippen molar-refractivity contribution in [1.82, 2.24) is 15.3 Å². The van der Waals surface area contributed by atoms with Gasteiger partial charge >= 0.3 is 0 Å². The Balaban J connectivity index is 1.50. The van der Waals surface area contributed by atoms with E-state index < -0.39 is 0 Å². The predicted molar refractivity (Wildman–Crippen MR) is 111 cm³/mol. The van der Waals surface area contributed by atoms with Crippen molar-refractivity contribution >= 4 is 28.6 Å². The second-order valence-corrected chi connectivity index (χ2v) is 7.13. The highest BCUT2D eigenvalue weighted by atomic mass is 32.2. The number of methoxy groups -OCH3 is 2. The van der Waals surface area contributed by atoms with E-state index in [2.05, 4.69) is 15.3 Å². The molecular weight excluding hydrogens is 374 g/mol. The number of hydrogen-bond acceptors (Lipinski definition) is 6. The van der Waals surface area contributed by atoms with Crippen molar-refractivity contribution in [1.29, 1.82) is 0 Å². The number of aromatic nitrogens is 2. The molecule has 1 heterocycles. The van der Waals surface area contributed by atoms with Gasteiger partial charge in [0.25, 0.3) is 0 Å². The Morgan fingerprint density at radius 3 is 2.64 bits per heavy atom. The van der Waals surface area contributed by atoms with E-state index in [0.29, 0.717) is 29.6 Å². The van der Waals surface area contributed by atoms with Crippen LogP contribution < -0.4 is 14.8 Å². The minimum Gasteiger partial charge on any atom is -0.493 e. The molecule has 0 aliphatic heterocycles. The first-order chi connectivity index (χ1) is 13.6. The van der Waals surface area contributed by atoms with Crippen LogP contribution >= 0.6 is 11.8 Å². The van der Waals surface area contributed by atoms with Crippen molar-refractivity contribution in [3.8, 4) is 11.5 Å². The van der Waals surface area contributed by atoms with E-state index in [4.69, 9.17) is 9.47 Å². The van der Waals surface area contributed by atoms with Gasteiger partial charge in [0.1, 0.15) is 0 Å². The Bertz CT molecular complexity index is 978. The number of ether oxygens (including phenoxy) is 2. The Morgan fingerprint density at radius 2 is 1.86 bits per heavy atom. The molecule has 146 valence electrons. The summed E-state index contributed by atoms with van der Waals surface area (Å²) in [7, 11) is 3.22. The van der Waals surface area contributed by atoms with Gasteiger partial charge < -0.3 is 14.8 Å². The molecule has 1 N–H and O–H groups in total. The lowest BCUT2D eigenvalue weighted by Crippen LogP contribution is -2.27. The quantitative estimate of drug-likeness (QED) is 0.464. The Hall–Kier alpha value is -2.80. The van der Waals surface area contributed by atoms with Crippen molar-refractivity contribution < 1.29 is 14.3 Å². The van der Waals surface area contributed by atoms with Crippen LogP contribution in [-0.2, 0) is 11.2 Å². The van der Waals surface area contributed by atoms with Crippen molar-refractivity contribution in [2.45, 2.75) is 18.5 Å². The lowest BCUT2D eigenvalue weighted by molar-refractivity contribution is -0.118. The van der Waals surface area contributed by atoms with Gasteiger partial charge in [0.15, 0.2) is 16.7 Å². The lowest BCUT2D eigenvalue weighted by Gasteiger charge is -2.10. The normalized spacial score (nSPS) is 10.7. The van der Waals surface area contributed by atoms with Crippen molar-refractivity contribution in [2.75, 3.05) is 26.5 Å². The van der Waals surface area contributed by atoms with Crippen LogP contribution in [0.15, 0.2) is 47.6 Å². The molecule has 0 saturated carbocycles. The average Bonchev–Trinajstić information content (AvgIpc) is 2.72. The monoisotopic (exact) mass is 397 g/mol. The Labute approximate surface area is 168 Å². The minimum absolute atomic E-state index is 0.0418. The van der Waals surface area contributed by atoms with E-state index >= 15 is 0 Å². The molecule has 6 nitrogen and oxygen atoms in total. The molecule has 0 bridgehead atoms. The number of hydrogen-bond donors (Lipinski definition) is 1. The fourth-order valence-corrected chi connectivity index (χ4v) is 3.56. The summed E-state index contributed by atoms with van der Waals surface area (Å²) in [5, 5.41) is 4.58. The predicted octanol–water partition coefficient (Wildman–Crippen LogP) is 3.41. The summed E-state index contributed by atoms with van der Waals surface area (Å²) in [4.78, 5) is 21.1. The van der Waals surface area contributed by atoms with Crippen molar-refractivity contribution in [3.63, 3.8) is 0 Å². The second-order valence-electron chi connectivity index (χ2n) is 6.19. The van der Waals surface area contributed by atoms with Crippen molar-refractivity contribution in [3.05, 3.63) is 53.7 Å². The van der Waals surface area contributed by atoms with Crippen LogP contribution in [-0.4, -0.2) is 42.4 Å². The van der Waals surface area contributed by atoms with Gasteiger partial charge in [-0.1, -0.05) is 36.0 Å². The largest absolute Gasteiger partial charge is 0.493 e. The number of carbonyl (C=O) groups excluding carboxylic acids is 1. The van der Waals surface area contributed by atoms with E-state index in [1.807, 2.05) is 49.4 Å². The standard InChI is InChI=1S/C21H23N3O3S/c1-14-16-6-4-5-7-17(16)24-21(23-14)28-13-20(25)22-11-10-15-8-9-18(26-2)19(12-15)27-3/h4-9,12H,10-11,13H2,1-3H3,(H,22,25). The van der Waals surface area contributed by atoms with Gasteiger partial charge in [0.05, 0.1) is 25.5 Å². The molecular formula is C21H23N3O3S. The van der Waals surface area contributed by atoms with Gasteiger partial charge in [0.2, 0.25) is 5.91 Å². The molecule has 3 aromatic rings. The van der Waals surface area contributed by atoms with Crippen LogP contribution in [0, 0.1) is 6.92 Å². The van der Waals surface area contributed by atoms with E-state index in [1.165, 1.54) is 11.8 Å². The van der Waals surface area contributed by atoms with Gasteiger partial charge in [0, 0.05) is 17.6 Å². The third-order valence-corrected chi connectivity index (χ3v) is 5.14. The van der Waals surface area contributed by atoms with Crippen LogP contribution in [0.2, 0.25) is 0 Å². The Morgan fingerprint density at radius 1 is 1.07 bits per heavy atom. The van der Waals surface area contributed by atoms with Crippen LogP contribution in [0.4, 0.5) is 0 Å². The zero-order chi connectivity index (χ0) is 19.9. The van der Waals surface area contributed by atoms with E-state index in [1.54, 1.807) is 14.2 Å². The van der Waals surface area contributed by atoms with E-state index in [0.717, 1.165) is 22.2 Å². The molecule has 7 heteroatoms. The summed E-state index contributed by atoms with van der Waals surface area (Å²) in [6.07, 6.45) is 0.711. The number of aryl methyl sites for hydroxylation is 1. The first kappa shape index (κ1) is 19.9. The van der Waals surface area contributed by atoms with Crippen LogP contribution in [0.25, 0.3) is 10.9 Å². The zero-order valence-electron chi connectivity index (χ0n) is 16.2. The number of nitrogens with zero attached hydrogens (tertiary/aromatic N) is 2. The zero-order valence-corrected chi connectivity index (χ0v) is 17.0. The third kappa shape index (κ3) is 4.92. The number of carbonyl (C=O) groups is 1. The molecule has 28 heavy (non-hydrogen) atoms. The maximum atomic E-state index is 12.1. The summed E-state index contributed by atoms with van der Waals surface area (Å²) in [5.41, 5.74) is 2.88. The molecule has 2 aromatic carbocycles. The highest BCUT2D eigenvalue weighted by Crippen LogP contribution is 2.27. The van der Waals surface area contributed by atoms with Crippen molar-refractivity contribution in [2.24, 2.45) is 0 Å². The number of fused-ring (bicyclic) bond motifs is 1. The number of amides is 1. The molecule has 0 saturated heterocycles. The fraction of sp³-hybridized carbons (Fsp3) is 0.286. The molecule has 0 radical (unpaired) electrons. The topological polar surface area (TPSA) is 73.3 Å². The van der Waals surface area contributed by atoms with Gasteiger partial charge in [-0.25, -0.2) is 9.97 Å². The molecule has 1 amide bonds. The third-order valence-electron chi connectivity index (χ3n) is 4.29. The minimum atomic E-state index is -0.0418. The maximum Gasteiger partial charge on any atom is 0.230 e. The lowest BCUT2D eigenvalue weighted by atomic mass is 10.1. The summed E-state index contributed by atoms with van der Waals surface area (Å²) in [5.74, 6) is 1.62. The van der Waals surface area contributed by atoms with Crippen LogP contribution in [0.5, 0.6) is 11.5 Å². The molecule has 0 unspecified atom stereocenters. The number of nitrogens with one attached hydrogen (secondary N) is 1. The number of para-hydroxylation sites is 1. The molecule has 3 rings (SSSR count). The number of benzene rings is 2. The van der Waals surface area contributed by atoms with Gasteiger partial charge in [-0.05, 0) is 37.1 Å². The first-order valence-electron chi connectivity index (χ1n) is 8.94. The first-order valence-corrected chi connectivity index (χ1v) is 9.93.